The number of nitrogens with one attached hydrogen (secondary N) is 5. The minimum Gasteiger partial charge on any atom is -0.370 e. The van der Waals surface area contributed by atoms with Gasteiger partial charge in [-0.1, -0.05) is 137 Å². The number of hydrogen-bond donors (Lipinski definition) is 9. The summed E-state index contributed by atoms with van der Waals surface area (Å²) in [6.45, 7) is 73.5. The summed E-state index contributed by atoms with van der Waals surface area (Å²) in [4.78, 5) is 61.2. The molecule has 0 heterocycles. The highest BCUT2D eigenvalue weighted by molar-refractivity contribution is 5.90. The zero-order chi connectivity index (χ0) is 71.4. The molecule has 13 N–H and O–H groups in total. The smallest absolute Gasteiger partial charge is 0.187 e. The Labute approximate surface area is 542 Å². The monoisotopic (exact) mass is 1240 g/mol. The summed E-state index contributed by atoms with van der Waals surface area (Å²) < 4.78 is 0. The van der Waals surface area contributed by atoms with Crippen molar-refractivity contribution >= 4 is 52.2 Å². The Bertz CT molecular complexity index is 2180. The fourth-order valence-electron chi connectivity index (χ4n) is 7.96. The average molecular weight is 1250 g/mol. The standard InChI is InChI=1S/C16H31NO.C15H30N2O.C14H30N4.C14H28N2O.C12H26N4O/c1-12(17)8-9-13(10-11-15(2,3)4)14(18)16(5,6)7;1-11(16)8-9-12(17-15(5,6)7)10-13(18)14(2,3)4;1-11(13(2,3)4)8-9-18(14(5,6)7)10-17-12(15)16;1-10(15)8-9-11(16-14(5,6)7)12(17)13(2,3)4;1-11(2,3)9(17)7-16(12(4,5)6)8-15-10(13)14/h13,17H,8-11H2,1-7H3;12,16-17H,8-10H2,1-7H3;1,8-10H2,2-7H3,(H4,15,16,17);11,15-16H,8-9H2,1-7H3;7-8H2,1-6H3,(H4,13,14,15). The van der Waals surface area contributed by atoms with Crippen LogP contribution in [0.1, 0.15) is 293 Å². The Hall–Kier alpha value is -4.19. The first-order chi connectivity index (χ1) is 38.7. The molecule has 0 aliphatic heterocycles. The SMILES string of the molecule is C=C(CCN(CN=C(N)N)C(C)(C)C)C(C)(C)C.CC(=N)CCC(CC(=O)C(C)(C)C)NC(C)(C)C.CC(=N)CCC(CCC(C)(C)C)C(=O)C(C)(C)C.CC(=N)CCC(NC(C)(C)C)C(=O)C(C)(C)C.CC(C)(C)C(=O)CN(CN=C(N)N)C(C)(C)C. The van der Waals surface area contributed by atoms with Gasteiger partial charge in [0, 0.05) is 85.9 Å². The van der Waals surface area contributed by atoms with Gasteiger partial charge in [-0.3, -0.25) is 29.0 Å². The molecule has 17 heteroatoms. The minimum absolute atomic E-state index is 0.00123. The molecule has 0 amide bonds. The molecule has 0 spiro atoms. The second-order valence-electron chi connectivity index (χ2n) is 34.9. The van der Waals surface area contributed by atoms with Gasteiger partial charge in [-0.15, -0.1) is 0 Å². The Morgan fingerprint density at radius 1 is 0.455 bits per heavy atom. The summed E-state index contributed by atoms with van der Waals surface area (Å²) in [6, 6.07) is 0.00678. The van der Waals surface area contributed by atoms with Crippen molar-refractivity contribution in [1.29, 1.82) is 16.2 Å². The zero-order valence-electron chi connectivity index (χ0n) is 63.6. The van der Waals surface area contributed by atoms with Gasteiger partial charge in [-0.05, 0) is 172 Å². The van der Waals surface area contributed by atoms with Crippen LogP contribution < -0.4 is 33.6 Å². The molecule has 0 aliphatic rings. The number of carbonyl (C=O) groups is 4. The number of aliphatic imine (C=N–C) groups is 2. The number of Topliss-reactive ketones (excluding diaryl/α,β-unsaturated/α-hetero) is 4. The van der Waals surface area contributed by atoms with Crippen LogP contribution in [0.25, 0.3) is 0 Å². The van der Waals surface area contributed by atoms with Crippen LogP contribution in [-0.4, -0.2) is 123 Å². The van der Waals surface area contributed by atoms with Crippen LogP contribution in [0.5, 0.6) is 0 Å². The van der Waals surface area contributed by atoms with Gasteiger partial charge in [-0.2, -0.15) is 0 Å². The van der Waals surface area contributed by atoms with E-state index in [1.54, 1.807) is 6.92 Å². The van der Waals surface area contributed by atoms with Crippen LogP contribution in [0.15, 0.2) is 22.1 Å². The second-order valence-corrected chi connectivity index (χ2v) is 34.9. The van der Waals surface area contributed by atoms with E-state index in [1.165, 1.54) is 5.57 Å². The van der Waals surface area contributed by atoms with E-state index in [4.69, 9.17) is 39.2 Å². The van der Waals surface area contributed by atoms with Crippen molar-refractivity contribution in [2.75, 3.05) is 26.4 Å². The molecule has 3 unspecified atom stereocenters. The topological polar surface area (TPSA) is 299 Å². The molecule has 0 aromatic carbocycles. The van der Waals surface area contributed by atoms with Crippen molar-refractivity contribution in [1.82, 2.24) is 20.4 Å². The molecular weight excluding hydrogens is 1100 g/mol. The van der Waals surface area contributed by atoms with Gasteiger partial charge in [0.15, 0.2) is 23.5 Å². The molecule has 518 valence electrons. The number of hydrogen-bond acceptors (Lipinski definition) is 13. The molecule has 0 aromatic rings. The molecule has 0 saturated heterocycles. The van der Waals surface area contributed by atoms with E-state index in [0.717, 1.165) is 51.5 Å². The Balaban J connectivity index is -0.000000326. The first-order valence-corrected chi connectivity index (χ1v) is 32.3. The van der Waals surface area contributed by atoms with Gasteiger partial charge in [0.2, 0.25) is 0 Å². The molecular formula is C71H145N13O4. The highest BCUT2D eigenvalue weighted by Gasteiger charge is 2.34. The molecule has 0 saturated carbocycles. The number of nitrogens with zero attached hydrogens (tertiary/aromatic N) is 4. The zero-order valence-corrected chi connectivity index (χ0v) is 63.6. The van der Waals surface area contributed by atoms with Crippen molar-refractivity contribution in [2.24, 2.45) is 71.3 Å². The van der Waals surface area contributed by atoms with E-state index in [2.05, 4.69) is 136 Å². The Morgan fingerprint density at radius 2 is 0.818 bits per heavy atom. The first kappa shape index (κ1) is 92.5. The molecule has 0 rings (SSSR count). The molecule has 88 heavy (non-hydrogen) atoms. The maximum atomic E-state index is 12.4. The highest BCUT2D eigenvalue weighted by Crippen LogP contribution is 2.32. The Kier molecular flexibility index (Phi) is 41.3. The van der Waals surface area contributed by atoms with Gasteiger partial charge in [0.1, 0.15) is 11.6 Å². The summed E-state index contributed by atoms with van der Waals surface area (Å²) in [7, 11) is 0. The van der Waals surface area contributed by atoms with Crippen LogP contribution in [0, 0.1) is 54.6 Å². The lowest BCUT2D eigenvalue weighted by Crippen LogP contribution is -2.50. The van der Waals surface area contributed by atoms with E-state index < -0.39 is 0 Å². The molecule has 0 radical (unpaired) electrons. The van der Waals surface area contributed by atoms with Crippen LogP contribution in [0.4, 0.5) is 0 Å². The predicted octanol–water partition coefficient (Wildman–Crippen LogP) is 14.9. The van der Waals surface area contributed by atoms with E-state index in [-0.39, 0.29) is 102 Å². The third kappa shape index (κ3) is 53.6. The number of guanidine groups is 2. The summed E-state index contributed by atoms with van der Waals surface area (Å²) in [5, 5.41) is 29.4. The summed E-state index contributed by atoms with van der Waals surface area (Å²) in [5.41, 5.74) is 23.7. The van der Waals surface area contributed by atoms with E-state index in [0.29, 0.717) is 62.1 Å². The molecule has 0 fully saturated rings. The fourth-order valence-corrected chi connectivity index (χ4v) is 7.96. The van der Waals surface area contributed by atoms with Crippen molar-refractivity contribution in [2.45, 2.75) is 327 Å². The van der Waals surface area contributed by atoms with Gasteiger partial charge in [0.25, 0.3) is 0 Å². The molecule has 0 bridgehead atoms. The van der Waals surface area contributed by atoms with Crippen LogP contribution in [0.2, 0.25) is 0 Å². The van der Waals surface area contributed by atoms with Gasteiger partial charge in [0.05, 0.1) is 25.9 Å². The van der Waals surface area contributed by atoms with E-state index in [9.17, 15) is 19.2 Å². The molecule has 3 atom stereocenters. The largest absolute Gasteiger partial charge is 0.370 e. The normalized spacial score (nSPS) is 13.7. The third-order valence-corrected chi connectivity index (χ3v) is 14.1. The van der Waals surface area contributed by atoms with Crippen LogP contribution >= 0.6 is 0 Å². The highest BCUT2D eigenvalue weighted by atomic mass is 16.1. The number of nitrogens with two attached hydrogens (primary N) is 4. The van der Waals surface area contributed by atoms with Crippen molar-refractivity contribution < 1.29 is 19.2 Å². The second kappa shape index (κ2) is 39.3. The minimum atomic E-state index is -0.346. The van der Waals surface area contributed by atoms with E-state index >= 15 is 0 Å². The fraction of sp³-hybridized carbons (Fsp3) is 0.845. The van der Waals surface area contributed by atoms with Crippen molar-refractivity contribution in [3.8, 4) is 0 Å². The maximum absolute atomic E-state index is 12.4. The van der Waals surface area contributed by atoms with Crippen LogP contribution in [0.3, 0.4) is 0 Å². The van der Waals surface area contributed by atoms with Gasteiger partial charge < -0.3 is 49.8 Å². The van der Waals surface area contributed by atoms with Gasteiger partial charge in [-0.25, -0.2) is 9.98 Å². The van der Waals surface area contributed by atoms with Gasteiger partial charge >= 0.3 is 0 Å². The van der Waals surface area contributed by atoms with Crippen molar-refractivity contribution in [3.63, 3.8) is 0 Å². The maximum Gasteiger partial charge on any atom is 0.187 e. The van der Waals surface area contributed by atoms with E-state index in [1.807, 2.05) is 123 Å². The Morgan fingerprint density at radius 3 is 1.12 bits per heavy atom. The number of rotatable bonds is 26. The lowest BCUT2D eigenvalue weighted by atomic mass is 9.76. The van der Waals surface area contributed by atoms with Crippen LogP contribution in [-0.2, 0) is 19.2 Å². The number of carbonyl (C=O) groups excluding carboxylic acids is 4. The van der Waals surface area contributed by atoms with Crippen molar-refractivity contribution in [3.05, 3.63) is 12.2 Å². The molecule has 0 aromatic heterocycles. The third-order valence-electron chi connectivity index (χ3n) is 14.1. The average Bonchev–Trinajstić information content (AvgIpc) is 3.27. The molecule has 17 nitrogen and oxygen atoms in total. The lowest BCUT2D eigenvalue weighted by molar-refractivity contribution is -0.131. The number of ketones is 4. The quantitative estimate of drug-likeness (QED) is 0.0222. The lowest BCUT2D eigenvalue weighted by Gasteiger charge is -2.35. The summed E-state index contributed by atoms with van der Waals surface area (Å²) in [6.07, 6.45) is 8.11. The molecule has 0 aliphatic carbocycles. The summed E-state index contributed by atoms with van der Waals surface area (Å²) in [5.74, 6) is 1.35. The first-order valence-electron chi connectivity index (χ1n) is 32.3. The summed E-state index contributed by atoms with van der Waals surface area (Å²) >= 11 is 0. The predicted molar refractivity (Wildman–Crippen MR) is 383 cm³/mol.